The standard InChI is InChI=1S/C22H42O8/c1-6-9-18(19(10-7-12-21(23)24)29-27-14-16(2)3)20(11-8-13-22(25)26)30-28-15-17(4)5/h16-20H,6-15H2,1-5H3,(H,23,24)(H,25,26). The van der Waals surface area contributed by atoms with Gasteiger partial charge in [-0.25, -0.2) is 19.6 Å². The Morgan fingerprint density at radius 2 is 1.13 bits per heavy atom. The van der Waals surface area contributed by atoms with Gasteiger partial charge < -0.3 is 10.2 Å². The third kappa shape index (κ3) is 15.6. The van der Waals surface area contributed by atoms with Crippen molar-refractivity contribution in [1.29, 1.82) is 0 Å². The maximum Gasteiger partial charge on any atom is 0.303 e. The van der Waals surface area contributed by atoms with E-state index < -0.39 is 11.9 Å². The fourth-order valence-corrected chi connectivity index (χ4v) is 3.05. The quantitative estimate of drug-likeness (QED) is 0.206. The summed E-state index contributed by atoms with van der Waals surface area (Å²) in [6, 6.07) is 0. The molecule has 0 spiro atoms. The van der Waals surface area contributed by atoms with Gasteiger partial charge in [0.1, 0.15) is 0 Å². The molecule has 0 aliphatic rings. The normalized spacial score (nSPS) is 14.8. The van der Waals surface area contributed by atoms with Crippen LogP contribution >= 0.6 is 0 Å². The van der Waals surface area contributed by atoms with Gasteiger partial charge in [-0.05, 0) is 43.9 Å². The maximum atomic E-state index is 11.0. The van der Waals surface area contributed by atoms with Gasteiger partial charge >= 0.3 is 11.9 Å². The summed E-state index contributed by atoms with van der Waals surface area (Å²) in [6.45, 7) is 11.0. The van der Waals surface area contributed by atoms with Gasteiger partial charge in [0, 0.05) is 18.8 Å². The molecule has 2 unspecified atom stereocenters. The summed E-state index contributed by atoms with van der Waals surface area (Å²) in [7, 11) is 0. The van der Waals surface area contributed by atoms with E-state index >= 15 is 0 Å². The number of hydrogen-bond acceptors (Lipinski definition) is 6. The van der Waals surface area contributed by atoms with Crippen LogP contribution < -0.4 is 0 Å². The molecule has 2 N–H and O–H groups in total. The highest BCUT2D eigenvalue weighted by molar-refractivity contribution is 5.66. The van der Waals surface area contributed by atoms with E-state index in [0.29, 0.717) is 50.7 Å². The zero-order valence-corrected chi connectivity index (χ0v) is 19.3. The topological polar surface area (TPSA) is 112 Å². The lowest BCUT2D eigenvalue weighted by Gasteiger charge is -2.32. The SMILES string of the molecule is CCCC(C(CCCC(=O)O)OOCC(C)C)C(CCCC(=O)O)OOCC(C)C. The molecule has 0 aromatic carbocycles. The Hall–Kier alpha value is -1.22. The van der Waals surface area contributed by atoms with Crippen molar-refractivity contribution in [3.63, 3.8) is 0 Å². The fraction of sp³-hybridized carbons (Fsp3) is 0.909. The van der Waals surface area contributed by atoms with Crippen LogP contribution in [0.3, 0.4) is 0 Å². The molecule has 0 aliphatic carbocycles. The fourth-order valence-electron chi connectivity index (χ4n) is 3.05. The second kappa shape index (κ2) is 17.5. The Morgan fingerprint density at radius 1 is 0.733 bits per heavy atom. The minimum absolute atomic E-state index is 0.0529. The first-order valence-corrected chi connectivity index (χ1v) is 11.2. The first kappa shape index (κ1) is 28.8. The van der Waals surface area contributed by atoms with Gasteiger partial charge in [0.25, 0.3) is 0 Å². The van der Waals surface area contributed by atoms with E-state index in [1.165, 1.54) is 0 Å². The molecule has 0 fully saturated rings. The summed E-state index contributed by atoms with van der Waals surface area (Å²) in [5.74, 6) is -1.20. The highest BCUT2D eigenvalue weighted by Crippen LogP contribution is 2.29. The summed E-state index contributed by atoms with van der Waals surface area (Å²) in [5.41, 5.74) is 0. The van der Waals surface area contributed by atoms with Crippen molar-refractivity contribution in [1.82, 2.24) is 0 Å². The van der Waals surface area contributed by atoms with Crippen LogP contribution in [0.4, 0.5) is 0 Å². The van der Waals surface area contributed by atoms with Crippen molar-refractivity contribution in [3.8, 4) is 0 Å². The van der Waals surface area contributed by atoms with Gasteiger partial charge in [0.05, 0.1) is 25.4 Å². The molecule has 8 heteroatoms. The summed E-state index contributed by atoms with van der Waals surface area (Å²) in [6.07, 6.45) is 2.97. The molecule has 0 heterocycles. The van der Waals surface area contributed by atoms with E-state index in [1.54, 1.807) is 0 Å². The molecule has 0 bridgehead atoms. The molecule has 30 heavy (non-hydrogen) atoms. The third-order valence-corrected chi connectivity index (χ3v) is 4.52. The number of aliphatic carboxylic acids is 2. The predicted molar refractivity (Wildman–Crippen MR) is 113 cm³/mol. The van der Waals surface area contributed by atoms with Crippen molar-refractivity contribution >= 4 is 11.9 Å². The first-order valence-electron chi connectivity index (χ1n) is 11.2. The lowest BCUT2D eigenvalue weighted by atomic mass is 9.86. The zero-order chi connectivity index (χ0) is 22.9. The second-order valence-corrected chi connectivity index (χ2v) is 8.65. The maximum absolute atomic E-state index is 11.0. The van der Waals surface area contributed by atoms with E-state index in [4.69, 9.17) is 29.8 Å². The van der Waals surface area contributed by atoms with E-state index in [2.05, 4.69) is 6.92 Å². The van der Waals surface area contributed by atoms with Gasteiger partial charge in [0.2, 0.25) is 0 Å². The Kier molecular flexibility index (Phi) is 16.7. The molecule has 0 saturated carbocycles. The van der Waals surface area contributed by atoms with E-state index in [9.17, 15) is 9.59 Å². The molecule has 178 valence electrons. The molecule has 0 aromatic heterocycles. The summed E-state index contributed by atoms with van der Waals surface area (Å²) >= 11 is 0. The van der Waals surface area contributed by atoms with Crippen LogP contribution in [0.1, 0.15) is 86.0 Å². The van der Waals surface area contributed by atoms with Crippen molar-refractivity contribution in [2.75, 3.05) is 13.2 Å². The lowest BCUT2D eigenvalue weighted by Crippen LogP contribution is -2.36. The number of rotatable bonds is 20. The Morgan fingerprint density at radius 3 is 1.43 bits per heavy atom. The molecule has 0 amide bonds. The third-order valence-electron chi connectivity index (χ3n) is 4.52. The average molecular weight is 435 g/mol. The zero-order valence-electron chi connectivity index (χ0n) is 19.3. The highest BCUT2D eigenvalue weighted by Gasteiger charge is 2.32. The summed E-state index contributed by atoms with van der Waals surface area (Å²) < 4.78 is 0. The van der Waals surface area contributed by atoms with Crippen LogP contribution in [-0.4, -0.2) is 47.6 Å². The van der Waals surface area contributed by atoms with Gasteiger partial charge in [-0.15, -0.1) is 0 Å². The van der Waals surface area contributed by atoms with Crippen molar-refractivity contribution < 1.29 is 39.4 Å². The van der Waals surface area contributed by atoms with Gasteiger partial charge in [-0.1, -0.05) is 41.0 Å². The molecule has 2 atom stereocenters. The number of hydrogen-bond donors (Lipinski definition) is 2. The van der Waals surface area contributed by atoms with E-state index in [0.717, 1.165) is 12.8 Å². The van der Waals surface area contributed by atoms with Crippen molar-refractivity contribution in [2.24, 2.45) is 17.8 Å². The second-order valence-electron chi connectivity index (χ2n) is 8.65. The Labute approximate surface area is 181 Å². The van der Waals surface area contributed by atoms with Crippen LogP contribution in [0.25, 0.3) is 0 Å². The van der Waals surface area contributed by atoms with Crippen LogP contribution in [0, 0.1) is 17.8 Å². The first-order chi connectivity index (χ1) is 14.2. The molecule has 0 saturated heterocycles. The number of carboxylic acid groups (broad SMARTS) is 2. The van der Waals surface area contributed by atoms with Crippen LogP contribution in [-0.2, 0) is 29.1 Å². The predicted octanol–water partition coefficient (Wildman–Crippen LogP) is 4.86. The van der Waals surface area contributed by atoms with Gasteiger partial charge in [-0.2, -0.15) is 0 Å². The van der Waals surface area contributed by atoms with E-state index in [-0.39, 0.29) is 31.0 Å². The van der Waals surface area contributed by atoms with Crippen LogP contribution in [0.15, 0.2) is 0 Å². The van der Waals surface area contributed by atoms with Crippen molar-refractivity contribution in [3.05, 3.63) is 0 Å². The van der Waals surface area contributed by atoms with Crippen molar-refractivity contribution in [2.45, 2.75) is 98.2 Å². The molecule has 0 aliphatic heterocycles. The van der Waals surface area contributed by atoms with Gasteiger partial charge in [0.15, 0.2) is 0 Å². The van der Waals surface area contributed by atoms with Crippen LogP contribution in [0.5, 0.6) is 0 Å². The lowest BCUT2D eigenvalue weighted by molar-refractivity contribution is -0.373. The van der Waals surface area contributed by atoms with E-state index in [1.807, 2.05) is 27.7 Å². The highest BCUT2D eigenvalue weighted by atomic mass is 17.2. The number of carbonyl (C=O) groups is 2. The van der Waals surface area contributed by atoms with Crippen LogP contribution in [0.2, 0.25) is 0 Å². The minimum atomic E-state index is -0.849. The Balaban J connectivity index is 5.30. The molecule has 0 radical (unpaired) electrons. The summed E-state index contributed by atoms with van der Waals surface area (Å²) in [4.78, 5) is 44.3. The largest absolute Gasteiger partial charge is 0.481 e. The minimum Gasteiger partial charge on any atom is -0.481 e. The monoisotopic (exact) mass is 434 g/mol. The smallest absolute Gasteiger partial charge is 0.303 e. The average Bonchev–Trinajstić information content (AvgIpc) is 2.63. The molecule has 8 nitrogen and oxygen atoms in total. The molecule has 0 aromatic rings. The molecular formula is C22H42O8. The Bertz CT molecular complexity index is 414. The number of carboxylic acids is 2. The molecule has 0 rings (SSSR count). The molecular weight excluding hydrogens is 392 g/mol. The van der Waals surface area contributed by atoms with Gasteiger partial charge in [-0.3, -0.25) is 9.59 Å². The summed E-state index contributed by atoms with van der Waals surface area (Å²) in [5, 5.41) is 18.0.